The lowest BCUT2D eigenvalue weighted by molar-refractivity contribution is 0.591. The van der Waals surface area contributed by atoms with Gasteiger partial charge in [-0.15, -0.1) is 47.0 Å². The first-order chi connectivity index (χ1) is 34.4. The highest BCUT2D eigenvalue weighted by molar-refractivity contribution is 8.04. The molecule has 0 spiro atoms. The molecule has 10 rings (SSSR count). The fraction of sp³-hybridized carbons (Fsp3) is 0.294. The Bertz CT molecular complexity index is 3140. The third kappa shape index (κ3) is 9.36. The summed E-state index contributed by atoms with van der Waals surface area (Å²) in [6.45, 7) is 33.7. The summed E-state index contributed by atoms with van der Waals surface area (Å²) in [4.78, 5) is 5.44. The van der Waals surface area contributed by atoms with E-state index in [1.165, 1.54) is 96.0 Å². The molecule has 5 heteroatoms. The van der Waals surface area contributed by atoms with Gasteiger partial charge in [0.25, 0.3) is 0 Å². The largest absolute Gasteiger partial charge is 0.179 e. The minimum atomic E-state index is -3.12. The van der Waals surface area contributed by atoms with Crippen molar-refractivity contribution in [2.45, 2.75) is 146 Å². The van der Waals surface area contributed by atoms with Gasteiger partial charge in [-0.3, -0.25) is 0 Å². The predicted octanol–water partition coefficient (Wildman–Crippen LogP) is 17.7. The zero-order chi connectivity index (χ0) is 51.9. The molecule has 0 nitrogen and oxygen atoms in total. The lowest BCUT2D eigenvalue weighted by Gasteiger charge is -2.39. The fourth-order valence-corrected chi connectivity index (χ4v) is 22.0. The van der Waals surface area contributed by atoms with Gasteiger partial charge in [0.2, 0.25) is 0 Å². The summed E-state index contributed by atoms with van der Waals surface area (Å²) in [5.74, 6) is 0. The van der Waals surface area contributed by atoms with E-state index in [2.05, 4.69) is 279 Å². The highest BCUT2D eigenvalue weighted by atomic mass is 32.2. The van der Waals surface area contributed by atoms with Crippen molar-refractivity contribution < 1.29 is 0 Å². The topological polar surface area (TPSA) is 0 Å². The molecule has 0 radical (unpaired) electrons. The second kappa shape index (κ2) is 18.9. The van der Waals surface area contributed by atoms with Crippen LogP contribution >= 0.6 is 47.0 Å². The quantitative estimate of drug-likeness (QED) is 0.120. The molecule has 73 heavy (non-hydrogen) atoms. The van der Waals surface area contributed by atoms with Crippen molar-refractivity contribution >= 4 is 75.9 Å². The van der Waals surface area contributed by atoms with Gasteiger partial charge in [-0.2, -0.15) is 0 Å². The number of hydrogen-bond donors (Lipinski definition) is 0. The standard InChI is InChI=1S/C68H72S4Si/c1-63(2,3)53-41-39-47(43-51(53)49-31-25-37-59-61(49)71-67(11,12)57-35-23-21-33-55(57)65(7,8)69-59)73(45-27-17-15-18-28-45,46-29-19-16-20-30-46)48-40-42-54(64(4,5)6)52(44-48)50-32-26-38-60-62(50)72-68(13,14)58-36-24-22-34-56(58)66(9,10)70-60/h15-44H,1-14H3. The van der Waals surface area contributed by atoms with Crippen LogP contribution in [0.3, 0.4) is 0 Å². The van der Waals surface area contributed by atoms with Crippen LogP contribution in [0.25, 0.3) is 22.3 Å². The maximum absolute atomic E-state index is 3.12. The molecule has 0 aliphatic carbocycles. The van der Waals surface area contributed by atoms with E-state index in [1.807, 2.05) is 47.0 Å². The van der Waals surface area contributed by atoms with E-state index in [0.29, 0.717) is 0 Å². The van der Waals surface area contributed by atoms with Crippen LogP contribution in [0.2, 0.25) is 0 Å². The molecule has 0 fully saturated rings. The summed E-state index contributed by atoms with van der Waals surface area (Å²) >= 11 is 8.09. The normalized spacial score (nSPS) is 16.8. The lowest BCUT2D eigenvalue weighted by atomic mass is 9.82. The smallest absolute Gasteiger partial charge is 0.114 e. The Balaban J connectivity index is 1.27. The van der Waals surface area contributed by atoms with E-state index in [9.17, 15) is 0 Å². The molecule has 0 atom stereocenters. The first kappa shape index (κ1) is 51.8. The maximum Gasteiger partial charge on any atom is 0.179 e. The Morgan fingerprint density at radius 3 is 0.945 bits per heavy atom. The summed E-state index contributed by atoms with van der Waals surface area (Å²) in [6, 6.07) is 71.0. The second-order valence-electron chi connectivity index (χ2n) is 24.3. The predicted molar refractivity (Wildman–Crippen MR) is 327 cm³/mol. The lowest BCUT2D eigenvalue weighted by Crippen LogP contribution is -2.74. The first-order valence-corrected chi connectivity index (χ1v) is 31.3. The minimum Gasteiger partial charge on any atom is -0.114 e. The van der Waals surface area contributed by atoms with E-state index in [-0.39, 0.29) is 29.8 Å². The highest BCUT2D eigenvalue weighted by Gasteiger charge is 2.44. The van der Waals surface area contributed by atoms with Gasteiger partial charge in [0.1, 0.15) is 0 Å². The Morgan fingerprint density at radius 1 is 0.301 bits per heavy atom. The molecule has 0 amide bonds. The van der Waals surface area contributed by atoms with E-state index in [0.717, 1.165) is 0 Å². The highest BCUT2D eigenvalue weighted by Crippen LogP contribution is 2.59. The van der Waals surface area contributed by atoms with E-state index in [4.69, 9.17) is 0 Å². The average molecular weight is 1050 g/mol. The number of rotatable bonds is 6. The maximum atomic E-state index is 2.66. The van der Waals surface area contributed by atoms with Crippen LogP contribution in [0.4, 0.5) is 0 Å². The van der Waals surface area contributed by atoms with Gasteiger partial charge in [-0.25, -0.2) is 0 Å². The number of thioether (sulfide) groups is 4. The third-order valence-electron chi connectivity index (χ3n) is 15.4. The number of hydrogen-bond acceptors (Lipinski definition) is 4. The van der Waals surface area contributed by atoms with Gasteiger partial charge in [0.05, 0.1) is 0 Å². The number of fused-ring (bicyclic) bond motifs is 4. The summed E-state index contributed by atoms with van der Waals surface area (Å²) in [7, 11) is -3.12. The van der Waals surface area contributed by atoms with Crippen molar-refractivity contribution in [3.8, 4) is 22.3 Å². The van der Waals surface area contributed by atoms with Crippen LogP contribution in [0.15, 0.2) is 202 Å². The molecule has 8 aromatic carbocycles. The second-order valence-corrected chi connectivity index (χ2v) is 34.7. The van der Waals surface area contributed by atoms with Crippen LogP contribution in [0, 0.1) is 0 Å². The summed E-state index contributed by atoms with van der Waals surface area (Å²) < 4.78 is -0.588. The molecule has 0 saturated heterocycles. The van der Waals surface area contributed by atoms with Crippen LogP contribution in [0.1, 0.15) is 130 Å². The molecular weight excluding hydrogens is 973 g/mol. The van der Waals surface area contributed by atoms with Gasteiger partial charge in [0, 0.05) is 38.6 Å². The van der Waals surface area contributed by atoms with Gasteiger partial charge in [-0.05, 0) is 155 Å². The fourth-order valence-electron chi connectivity index (χ4n) is 11.9. The van der Waals surface area contributed by atoms with Crippen molar-refractivity contribution in [2.75, 3.05) is 0 Å². The average Bonchev–Trinajstić information content (AvgIpc) is 3.34. The van der Waals surface area contributed by atoms with Gasteiger partial charge in [-0.1, -0.05) is 211 Å². The van der Waals surface area contributed by atoms with Crippen LogP contribution in [0.5, 0.6) is 0 Å². The van der Waals surface area contributed by atoms with E-state index in [1.54, 1.807) is 0 Å². The Kier molecular flexibility index (Phi) is 13.4. The van der Waals surface area contributed by atoms with Crippen LogP contribution < -0.4 is 20.7 Å². The van der Waals surface area contributed by atoms with Crippen LogP contribution in [-0.4, -0.2) is 8.07 Å². The molecule has 0 N–H and O–H groups in total. The first-order valence-electron chi connectivity index (χ1n) is 26.1. The van der Waals surface area contributed by atoms with Crippen molar-refractivity contribution in [1.29, 1.82) is 0 Å². The van der Waals surface area contributed by atoms with Gasteiger partial charge < -0.3 is 0 Å². The van der Waals surface area contributed by atoms with Crippen molar-refractivity contribution in [3.63, 3.8) is 0 Å². The summed E-state index contributed by atoms with van der Waals surface area (Å²) in [5.41, 5.74) is 13.5. The van der Waals surface area contributed by atoms with E-state index < -0.39 is 8.07 Å². The molecular formula is C68H72S4Si. The Hall–Kier alpha value is -4.62. The molecule has 0 unspecified atom stereocenters. The SMILES string of the molecule is CC(C)(C)c1ccc([Si](c2ccccc2)(c2ccccc2)c2ccc(C(C)(C)C)c(-c3cccc4c3SC(C)(C)c3ccccc3C(C)(C)S4)c2)cc1-c1cccc2c1SC(C)(C)c1ccccc1C(C)(C)S2. The van der Waals surface area contributed by atoms with Crippen molar-refractivity contribution in [2.24, 2.45) is 0 Å². The molecule has 0 saturated carbocycles. The molecule has 372 valence electrons. The monoisotopic (exact) mass is 1040 g/mol. The van der Waals surface area contributed by atoms with Crippen molar-refractivity contribution in [3.05, 3.63) is 215 Å². The summed E-state index contributed by atoms with van der Waals surface area (Å²) in [6.07, 6.45) is 0. The van der Waals surface area contributed by atoms with Gasteiger partial charge >= 0.3 is 0 Å². The molecule has 2 heterocycles. The minimum absolute atomic E-state index is 0.120. The molecule has 0 bridgehead atoms. The van der Waals surface area contributed by atoms with Gasteiger partial charge in [0.15, 0.2) is 8.07 Å². The zero-order valence-corrected chi connectivity index (χ0v) is 49.7. The number of benzene rings is 8. The Labute approximate surface area is 456 Å². The van der Waals surface area contributed by atoms with E-state index >= 15 is 0 Å². The molecule has 8 aromatic rings. The molecule has 2 aliphatic rings. The zero-order valence-electron chi connectivity index (χ0n) is 45.5. The third-order valence-corrected chi connectivity index (χ3v) is 25.7. The molecule has 2 aliphatic heterocycles. The Morgan fingerprint density at radius 2 is 0.616 bits per heavy atom. The van der Waals surface area contributed by atoms with Crippen LogP contribution in [-0.2, 0) is 29.8 Å². The van der Waals surface area contributed by atoms with Crippen molar-refractivity contribution in [1.82, 2.24) is 0 Å². The molecule has 0 aromatic heterocycles. The summed E-state index contributed by atoms with van der Waals surface area (Å²) in [5, 5.41) is 5.54.